The molecule has 1 aliphatic rings. The van der Waals surface area contributed by atoms with Gasteiger partial charge in [-0.15, -0.1) is 0 Å². The van der Waals surface area contributed by atoms with Gasteiger partial charge in [-0.05, 0) is 44.0 Å². The zero-order valence-electron chi connectivity index (χ0n) is 12.8. The standard InChI is InChI=1S/C15H25N3O2S/c1-3-16-12-14-7-9-15(10-8-14)17-21(19,20)18-11-5-4-6-13(18)2/h7-10,13,16-17H,3-6,11-12H2,1-2H3. The largest absolute Gasteiger partial charge is 0.313 e. The number of hydrogen-bond acceptors (Lipinski definition) is 3. The lowest BCUT2D eigenvalue weighted by molar-refractivity contribution is 0.270. The molecule has 0 radical (unpaired) electrons. The third-order valence-electron chi connectivity index (χ3n) is 3.83. The Morgan fingerprint density at radius 1 is 1.24 bits per heavy atom. The summed E-state index contributed by atoms with van der Waals surface area (Å²) in [6, 6.07) is 7.60. The van der Waals surface area contributed by atoms with E-state index in [2.05, 4.69) is 17.0 Å². The van der Waals surface area contributed by atoms with E-state index in [1.54, 1.807) is 4.31 Å². The summed E-state index contributed by atoms with van der Waals surface area (Å²) in [5.74, 6) is 0. The molecule has 1 fully saturated rings. The normalized spacial score (nSPS) is 20.4. The second kappa shape index (κ2) is 7.24. The van der Waals surface area contributed by atoms with Gasteiger partial charge in [-0.2, -0.15) is 12.7 Å². The van der Waals surface area contributed by atoms with E-state index in [1.165, 1.54) is 0 Å². The summed E-state index contributed by atoms with van der Waals surface area (Å²) in [5.41, 5.74) is 1.76. The van der Waals surface area contributed by atoms with Gasteiger partial charge in [0.2, 0.25) is 0 Å². The van der Waals surface area contributed by atoms with E-state index in [0.29, 0.717) is 12.2 Å². The summed E-state index contributed by atoms with van der Waals surface area (Å²) >= 11 is 0. The summed E-state index contributed by atoms with van der Waals surface area (Å²) in [4.78, 5) is 0. The van der Waals surface area contributed by atoms with Crippen molar-refractivity contribution in [2.45, 2.75) is 45.7 Å². The van der Waals surface area contributed by atoms with Crippen molar-refractivity contribution in [3.63, 3.8) is 0 Å². The van der Waals surface area contributed by atoms with Gasteiger partial charge < -0.3 is 5.32 Å². The molecule has 2 rings (SSSR count). The maximum Gasteiger partial charge on any atom is 0.301 e. The number of nitrogens with zero attached hydrogens (tertiary/aromatic N) is 1. The second-order valence-electron chi connectivity index (χ2n) is 5.54. The minimum absolute atomic E-state index is 0.0734. The number of hydrogen-bond donors (Lipinski definition) is 2. The van der Waals surface area contributed by atoms with E-state index in [1.807, 2.05) is 31.2 Å². The molecule has 1 atom stereocenters. The van der Waals surface area contributed by atoms with Gasteiger partial charge in [0.25, 0.3) is 0 Å². The lowest BCUT2D eigenvalue weighted by atomic mass is 10.1. The van der Waals surface area contributed by atoms with Crippen LogP contribution in [0.2, 0.25) is 0 Å². The average molecular weight is 311 g/mol. The third-order valence-corrected chi connectivity index (χ3v) is 5.48. The quantitative estimate of drug-likeness (QED) is 0.847. The summed E-state index contributed by atoms with van der Waals surface area (Å²) in [6.07, 6.45) is 2.97. The van der Waals surface area contributed by atoms with Crippen LogP contribution in [0, 0.1) is 0 Å². The molecule has 0 bridgehead atoms. The molecule has 2 N–H and O–H groups in total. The van der Waals surface area contributed by atoms with Crippen LogP contribution in [0.4, 0.5) is 5.69 Å². The molecule has 0 amide bonds. The Balaban J connectivity index is 2.02. The predicted molar refractivity (Wildman–Crippen MR) is 86.4 cm³/mol. The molecule has 1 heterocycles. The lowest BCUT2D eigenvalue weighted by Crippen LogP contribution is -2.44. The van der Waals surface area contributed by atoms with Crippen LogP contribution in [0.1, 0.15) is 38.7 Å². The minimum atomic E-state index is -3.45. The van der Waals surface area contributed by atoms with Crippen molar-refractivity contribution < 1.29 is 8.42 Å². The van der Waals surface area contributed by atoms with E-state index in [4.69, 9.17) is 0 Å². The van der Waals surface area contributed by atoms with E-state index < -0.39 is 10.2 Å². The fourth-order valence-corrected chi connectivity index (χ4v) is 4.10. The highest BCUT2D eigenvalue weighted by molar-refractivity contribution is 7.90. The summed E-state index contributed by atoms with van der Waals surface area (Å²) < 4.78 is 29.1. The number of benzene rings is 1. The van der Waals surface area contributed by atoms with Crippen LogP contribution >= 0.6 is 0 Å². The molecule has 5 nitrogen and oxygen atoms in total. The molecule has 1 aromatic carbocycles. The maximum absolute atomic E-state index is 12.4. The van der Waals surface area contributed by atoms with Gasteiger partial charge in [0.05, 0.1) is 0 Å². The van der Waals surface area contributed by atoms with Crippen molar-refractivity contribution >= 4 is 15.9 Å². The van der Waals surface area contributed by atoms with Crippen molar-refractivity contribution in [2.75, 3.05) is 17.8 Å². The van der Waals surface area contributed by atoms with Crippen LogP contribution in [-0.4, -0.2) is 31.9 Å². The van der Waals surface area contributed by atoms with E-state index >= 15 is 0 Å². The van der Waals surface area contributed by atoms with Crippen molar-refractivity contribution in [1.29, 1.82) is 0 Å². The summed E-state index contributed by atoms with van der Waals surface area (Å²) in [6.45, 7) is 6.35. The highest BCUT2D eigenvalue weighted by Crippen LogP contribution is 2.21. The van der Waals surface area contributed by atoms with Gasteiger partial charge >= 0.3 is 10.2 Å². The fraction of sp³-hybridized carbons (Fsp3) is 0.600. The topological polar surface area (TPSA) is 61.4 Å². The second-order valence-corrected chi connectivity index (χ2v) is 7.16. The van der Waals surface area contributed by atoms with E-state index in [0.717, 1.165) is 37.9 Å². The molecule has 118 valence electrons. The number of piperidine rings is 1. The fourth-order valence-electron chi connectivity index (χ4n) is 2.60. The molecule has 6 heteroatoms. The Kier molecular flexibility index (Phi) is 5.61. The molecule has 1 saturated heterocycles. The maximum atomic E-state index is 12.4. The van der Waals surface area contributed by atoms with Crippen LogP contribution in [-0.2, 0) is 16.8 Å². The van der Waals surface area contributed by atoms with Crippen LogP contribution in [0.15, 0.2) is 24.3 Å². The first-order valence-electron chi connectivity index (χ1n) is 7.62. The zero-order valence-corrected chi connectivity index (χ0v) is 13.6. The van der Waals surface area contributed by atoms with Gasteiger partial charge in [0.1, 0.15) is 0 Å². The Labute approximate surface area is 127 Å². The number of nitrogens with one attached hydrogen (secondary N) is 2. The van der Waals surface area contributed by atoms with Crippen LogP contribution < -0.4 is 10.0 Å². The van der Waals surface area contributed by atoms with Crippen molar-refractivity contribution in [1.82, 2.24) is 9.62 Å². The number of rotatable bonds is 6. The molecule has 0 aromatic heterocycles. The molecular formula is C15H25N3O2S. The first-order valence-corrected chi connectivity index (χ1v) is 9.06. The molecular weight excluding hydrogens is 286 g/mol. The predicted octanol–water partition coefficient (Wildman–Crippen LogP) is 2.33. The van der Waals surface area contributed by atoms with Crippen LogP contribution in [0.25, 0.3) is 0 Å². The summed E-state index contributed by atoms with van der Waals surface area (Å²) in [5, 5.41) is 3.24. The van der Waals surface area contributed by atoms with Crippen molar-refractivity contribution in [3.05, 3.63) is 29.8 Å². The van der Waals surface area contributed by atoms with Crippen LogP contribution in [0.5, 0.6) is 0 Å². The highest BCUT2D eigenvalue weighted by Gasteiger charge is 2.29. The molecule has 0 spiro atoms. The Morgan fingerprint density at radius 3 is 2.57 bits per heavy atom. The van der Waals surface area contributed by atoms with Gasteiger partial charge in [-0.3, -0.25) is 4.72 Å². The van der Waals surface area contributed by atoms with Gasteiger partial charge in [0.15, 0.2) is 0 Å². The van der Waals surface area contributed by atoms with E-state index in [-0.39, 0.29) is 6.04 Å². The van der Waals surface area contributed by atoms with Gasteiger partial charge in [-0.25, -0.2) is 0 Å². The van der Waals surface area contributed by atoms with Crippen LogP contribution in [0.3, 0.4) is 0 Å². The highest BCUT2D eigenvalue weighted by atomic mass is 32.2. The average Bonchev–Trinajstić information content (AvgIpc) is 2.46. The van der Waals surface area contributed by atoms with Crippen molar-refractivity contribution in [2.24, 2.45) is 0 Å². The zero-order chi connectivity index (χ0) is 15.3. The smallest absolute Gasteiger partial charge is 0.301 e. The summed E-state index contributed by atoms with van der Waals surface area (Å²) in [7, 11) is -3.45. The Morgan fingerprint density at radius 2 is 1.95 bits per heavy atom. The third kappa shape index (κ3) is 4.43. The molecule has 1 aromatic rings. The Hall–Kier alpha value is -1.11. The Bertz CT molecular complexity index is 543. The molecule has 1 unspecified atom stereocenters. The van der Waals surface area contributed by atoms with Gasteiger partial charge in [0, 0.05) is 24.8 Å². The molecule has 21 heavy (non-hydrogen) atoms. The molecule has 0 saturated carbocycles. The van der Waals surface area contributed by atoms with Crippen molar-refractivity contribution in [3.8, 4) is 0 Å². The molecule has 0 aliphatic carbocycles. The van der Waals surface area contributed by atoms with E-state index in [9.17, 15) is 8.42 Å². The first-order chi connectivity index (χ1) is 10.0. The van der Waals surface area contributed by atoms with Gasteiger partial charge in [-0.1, -0.05) is 25.5 Å². The minimum Gasteiger partial charge on any atom is -0.313 e. The SMILES string of the molecule is CCNCc1ccc(NS(=O)(=O)N2CCCCC2C)cc1. The first kappa shape index (κ1) is 16.3. The monoisotopic (exact) mass is 311 g/mol. The number of anilines is 1. The lowest BCUT2D eigenvalue weighted by Gasteiger charge is -2.32. The molecule has 1 aliphatic heterocycles.